The Morgan fingerprint density at radius 1 is 1.23 bits per heavy atom. The second-order valence-corrected chi connectivity index (χ2v) is 8.95. The van der Waals surface area contributed by atoms with Crippen molar-refractivity contribution in [3.8, 4) is 0 Å². The monoisotopic (exact) mass is 492 g/mol. The molecule has 1 aliphatic heterocycles. The van der Waals surface area contributed by atoms with Crippen LogP contribution in [0.3, 0.4) is 0 Å². The molecule has 1 aromatic carbocycles. The third-order valence-electron chi connectivity index (χ3n) is 5.96. The van der Waals surface area contributed by atoms with Crippen molar-refractivity contribution < 1.29 is 27.5 Å². The topological polar surface area (TPSA) is 67.7 Å². The lowest BCUT2D eigenvalue weighted by atomic mass is 9.96. The molecule has 0 bridgehead atoms. The van der Waals surface area contributed by atoms with Gasteiger partial charge in [0.15, 0.2) is 0 Å². The average molecular weight is 493 g/mol. The number of hydrogen-bond donors (Lipinski definition) is 0. The maximum absolute atomic E-state index is 12.7. The number of ether oxygens (including phenoxy) is 1. The van der Waals surface area contributed by atoms with Crippen molar-refractivity contribution in [3.63, 3.8) is 0 Å². The zero-order valence-electron chi connectivity index (χ0n) is 20.4. The lowest BCUT2D eigenvalue weighted by Crippen LogP contribution is -2.37. The molecule has 0 aliphatic carbocycles. The van der Waals surface area contributed by atoms with E-state index in [4.69, 9.17) is 4.98 Å². The molecule has 7 nitrogen and oxygen atoms in total. The van der Waals surface area contributed by atoms with Gasteiger partial charge in [-0.3, -0.25) is 14.3 Å². The predicted molar refractivity (Wildman–Crippen MR) is 127 cm³/mol. The largest absolute Gasteiger partial charge is 0.522 e. The number of nitrogens with zero attached hydrogens (tertiary/aromatic N) is 4. The van der Waals surface area contributed by atoms with Gasteiger partial charge in [0.2, 0.25) is 5.91 Å². The first-order valence-electron chi connectivity index (χ1n) is 11.5. The number of carbonyl (C=O) groups excluding carboxylic acids is 2. The quantitative estimate of drug-likeness (QED) is 0.312. The minimum atomic E-state index is -4.71. The summed E-state index contributed by atoms with van der Waals surface area (Å²) < 4.78 is 43.9. The Hall–Kier alpha value is -3.14. The Morgan fingerprint density at radius 3 is 2.49 bits per heavy atom. The molecule has 2 heterocycles. The Morgan fingerprint density at radius 2 is 1.91 bits per heavy atom. The molecule has 0 N–H and O–H groups in total. The van der Waals surface area contributed by atoms with Crippen LogP contribution in [0.1, 0.15) is 44.0 Å². The summed E-state index contributed by atoms with van der Waals surface area (Å²) in [5.41, 5.74) is 3.51. The van der Waals surface area contributed by atoms with Crippen LogP contribution in [0.15, 0.2) is 36.0 Å². The maximum Gasteiger partial charge on any atom is 0.522 e. The zero-order valence-corrected chi connectivity index (χ0v) is 20.4. The average Bonchev–Trinajstić information content (AvgIpc) is 3.15. The van der Waals surface area contributed by atoms with Crippen molar-refractivity contribution in [3.05, 3.63) is 47.4 Å². The smallest absolute Gasteiger partial charge is 0.383 e. The van der Waals surface area contributed by atoms with Gasteiger partial charge in [-0.05, 0) is 54.7 Å². The minimum absolute atomic E-state index is 0.0130. The van der Waals surface area contributed by atoms with Gasteiger partial charge in [0.25, 0.3) is 0 Å². The summed E-state index contributed by atoms with van der Waals surface area (Å²) in [4.78, 5) is 31.3. The summed E-state index contributed by atoms with van der Waals surface area (Å²) in [6.45, 7) is 3.85. The number of rotatable bonds is 8. The van der Waals surface area contributed by atoms with Crippen LogP contribution in [0.4, 0.5) is 13.2 Å². The Balaban J connectivity index is 2.04. The normalized spacial score (nSPS) is 16.1. The first-order chi connectivity index (χ1) is 16.5. The summed E-state index contributed by atoms with van der Waals surface area (Å²) in [6, 6.07) is 5.61. The number of alkyl halides is 3. The van der Waals surface area contributed by atoms with E-state index in [1.807, 2.05) is 43.4 Å². The van der Waals surface area contributed by atoms with Gasteiger partial charge in [0, 0.05) is 52.8 Å². The van der Waals surface area contributed by atoms with Crippen LogP contribution in [-0.2, 0) is 20.9 Å². The molecule has 35 heavy (non-hydrogen) atoms. The van der Waals surface area contributed by atoms with Gasteiger partial charge in [0.05, 0.1) is 17.6 Å². The van der Waals surface area contributed by atoms with E-state index in [2.05, 4.69) is 4.74 Å². The maximum atomic E-state index is 12.7. The standard InChI is InChI=1S/C25H31F3N4O3/c1-17(16-33)13-21(15-30(3)4)20-5-6-22-23(14-20)32(11-12-35-25(26,27)28)24(29-22)19-7-9-31(10-8-19)18(2)34/h5-6,13-16,19H,7-12H2,1-4H3/b17-13-,21-15+. The number of piperidine rings is 1. The van der Waals surface area contributed by atoms with Gasteiger partial charge < -0.3 is 14.4 Å². The molecule has 10 heteroatoms. The first kappa shape index (κ1) is 26.5. The van der Waals surface area contributed by atoms with Crippen molar-refractivity contribution in [2.24, 2.45) is 0 Å². The molecular weight excluding hydrogens is 461 g/mol. The van der Waals surface area contributed by atoms with Crippen LogP contribution >= 0.6 is 0 Å². The third-order valence-corrected chi connectivity index (χ3v) is 5.96. The fourth-order valence-electron chi connectivity index (χ4n) is 4.33. The van der Waals surface area contributed by atoms with Crippen molar-refractivity contribution in [2.45, 2.75) is 45.5 Å². The van der Waals surface area contributed by atoms with E-state index >= 15 is 0 Å². The number of allylic oxidation sites excluding steroid dienone is 3. The molecule has 1 amide bonds. The van der Waals surface area contributed by atoms with Crippen LogP contribution in [-0.4, -0.2) is 71.7 Å². The summed E-state index contributed by atoms with van der Waals surface area (Å²) in [5.74, 6) is 0.726. The van der Waals surface area contributed by atoms with Gasteiger partial charge in [0.1, 0.15) is 12.1 Å². The van der Waals surface area contributed by atoms with E-state index in [0.29, 0.717) is 48.4 Å². The Kier molecular flexibility index (Phi) is 8.37. The van der Waals surface area contributed by atoms with E-state index in [1.54, 1.807) is 22.5 Å². The summed E-state index contributed by atoms with van der Waals surface area (Å²) in [6.07, 6.45) is 1.06. The van der Waals surface area contributed by atoms with Crippen LogP contribution < -0.4 is 0 Å². The van der Waals surface area contributed by atoms with Gasteiger partial charge in [-0.15, -0.1) is 13.2 Å². The molecule has 190 valence electrons. The molecular formula is C25H31F3N4O3. The van der Waals surface area contributed by atoms with Crippen molar-refractivity contribution in [1.82, 2.24) is 19.4 Å². The van der Waals surface area contributed by atoms with Gasteiger partial charge >= 0.3 is 6.36 Å². The third kappa shape index (κ3) is 6.94. The molecule has 0 atom stereocenters. The first-order valence-corrected chi connectivity index (χ1v) is 11.5. The number of fused-ring (bicyclic) bond motifs is 1. The highest BCUT2D eigenvalue weighted by Gasteiger charge is 2.30. The second-order valence-electron chi connectivity index (χ2n) is 8.95. The van der Waals surface area contributed by atoms with Crippen LogP contribution in [0.2, 0.25) is 0 Å². The number of aromatic nitrogens is 2. The van der Waals surface area contributed by atoms with Crippen molar-refractivity contribution in [1.29, 1.82) is 0 Å². The van der Waals surface area contributed by atoms with Gasteiger partial charge in [-0.1, -0.05) is 6.07 Å². The summed E-state index contributed by atoms with van der Waals surface area (Å²) >= 11 is 0. The highest BCUT2D eigenvalue weighted by atomic mass is 19.4. The second kappa shape index (κ2) is 11.1. The highest BCUT2D eigenvalue weighted by molar-refractivity contribution is 5.87. The van der Waals surface area contributed by atoms with Crippen molar-refractivity contribution in [2.75, 3.05) is 33.8 Å². The van der Waals surface area contributed by atoms with E-state index in [-0.39, 0.29) is 18.4 Å². The summed E-state index contributed by atoms with van der Waals surface area (Å²) in [5, 5.41) is 0. The number of benzene rings is 1. The molecule has 1 fully saturated rings. The number of amides is 1. The Bertz CT molecular complexity index is 1130. The van der Waals surface area contributed by atoms with Gasteiger partial charge in [-0.25, -0.2) is 4.98 Å². The zero-order chi connectivity index (χ0) is 25.8. The molecule has 0 spiro atoms. The number of hydrogen-bond acceptors (Lipinski definition) is 5. The molecule has 1 aliphatic rings. The predicted octanol–water partition coefficient (Wildman–Crippen LogP) is 4.35. The van der Waals surface area contributed by atoms with Gasteiger partial charge in [-0.2, -0.15) is 0 Å². The number of carbonyl (C=O) groups is 2. The number of imidazole rings is 1. The molecule has 1 aromatic heterocycles. The summed E-state index contributed by atoms with van der Waals surface area (Å²) in [7, 11) is 3.74. The highest BCUT2D eigenvalue weighted by Crippen LogP contribution is 2.32. The molecule has 0 saturated carbocycles. The van der Waals surface area contributed by atoms with E-state index in [9.17, 15) is 22.8 Å². The molecule has 2 aromatic rings. The number of aldehydes is 1. The fraction of sp³-hybridized carbons (Fsp3) is 0.480. The SMILES string of the molecule is CC(=O)N1CCC(c2nc3ccc(C(/C=C(/C)C=O)=C/N(C)C)cc3n2CCOC(F)(F)F)CC1. The van der Waals surface area contributed by atoms with Crippen molar-refractivity contribution >= 4 is 28.8 Å². The molecule has 0 radical (unpaired) electrons. The molecule has 1 saturated heterocycles. The fourth-order valence-corrected chi connectivity index (χ4v) is 4.33. The Labute approximate surface area is 202 Å². The molecule has 0 unspecified atom stereocenters. The lowest BCUT2D eigenvalue weighted by molar-refractivity contribution is -0.325. The van der Waals surface area contributed by atoms with E-state index in [1.165, 1.54) is 6.92 Å². The van der Waals surface area contributed by atoms with E-state index < -0.39 is 13.0 Å². The van der Waals surface area contributed by atoms with Crippen LogP contribution in [0, 0.1) is 0 Å². The molecule has 3 rings (SSSR count). The van der Waals surface area contributed by atoms with E-state index in [0.717, 1.165) is 17.4 Å². The van der Waals surface area contributed by atoms with Crippen LogP contribution in [0.25, 0.3) is 16.6 Å². The minimum Gasteiger partial charge on any atom is -0.383 e. The number of likely N-dealkylation sites (tertiary alicyclic amines) is 1. The van der Waals surface area contributed by atoms with Crippen LogP contribution in [0.5, 0.6) is 0 Å². The number of halogens is 3. The lowest BCUT2D eigenvalue weighted by Gasteiger charge is -2.31.